The summed E-state index contributed by atoms with van der Waals surface area (Å²) in [6.45, 7) is 8.23. The number of carbonyl (C=O) groups is 2. The van der Waals surface area contributed by atoms with Crippen LogP contribution in [0.4, 0.5) is 0 Å². The molecule has 0 aliphatic heterocycles. The summed E-state index contributed by atoms with van der Waals surface area (Å²) in [5, 5.41) is 3.10. The standard InChI is InChI=1S/C29H33BrN2O2/c1-21-10-8-9-13-24(21)19-27(33)32(20-23-14-16-25(30)17-15-23)26(28(34)31-29(2,3)4)18-22-11-6-5-7-12-22/h5-17,26H,18-20H2,1-4H3,(H,31,34)/t26-/m0/s1. The minimum Gasteiger partial charge on any atom is -0.350 e. The van der Waals surface area contributed by atoms with Crippen LogP contribution in [0.15, 0.2) is 83.3 Å². The Bertz CT molecular complexity index is 1100. The fourth-order valence-electron chi connectivity index (χ4n) is 3.87. The van der Waals surface area contributed by atoms with Crippen LogP contribution in [-0.4, -0.2) is 28.3 Å². The second-order valence-electron chi connectivity index (χ2n) is 9.70. The number of amides is 2. The Morgan fingerprint density at radius 2 is 1.50 bits per heavy atom. The third-order valence-corrected chi connectivity index (χ3v) is 6.17. The van der Waals surface area contributed by atoms with Gasteiger partial charge in [0.2, 0.25) is 11.8 Å². The first-order valence-corrected chi connectivity index (χ1v) is 12.4. The number of hydrogen-bond acceptors (Lipinski definition) is 2. The molecule has 3 rings (SSSR count). The van der Waals surface area contributed by atoms with E-state index in [0.717, 1.165) is 26.7 Å². The molecule has 0 aliphatic rings. The minimum atomic E-state index is -0.637. The van der Waals surface area contributed by atoms with Crippen LogP contribution in [0.2, 0.25) is 0 Å². The zero-order chi connectivity index (χ0) is 24.7. The van der Waals surface area contributed by atoms with E-state index in [1.165, 1.54) is 0 Å². The molecular weight excluding hydrogens is 488 g/mol. The molecule has 1 atom stereocenters. The summed E-state index contributed by atoms with van der Waals surface area (Å²) < 4.78 is 0.973. The number of aryl methyl sites for hydroxylation is 1. The van der Waals surface area contributed by atoms with Gasteiger partial charge >= 0.3 is 0 Å². The van der Waals surface area contributed by atoms with Gasteiger partial charge in [0.1, 0.15) is 6.04 Å². The average Bonchev–Trinajstić information content (AvgIpc) is 2.78. The van der Waals surface area contributed by atoms with E-state index < -0.39 is 11.6 Å². The molecule has 0 aromatic heterocycles. The molecular formula is C29H33BrN2O2. The number of hydrogen-bond donors (Lipinski definition) is 1. The summed E-state index contributed by atoms with van der Waals surface area (Å²) in [5.41, 5.74) is 3.62. The van der Waals surface area contributed by atoms with Crippen LogP contribution in [0.5, 0.6) is 0 Å². The lowest BCUT2D eigenvalue weighted by molar-refractivity contribution is -0.141. The molecule has 0 spiro atoms. The Kier molecular flexibility index (Phi) is 8.67. The molecule has 178 valence electrons. The third kappa shape index (κ3) is 7.56. The van der Waals surface area contributed by atoms with Gasteiger partial charge in [0.25, 0.3) is 0 Å². The minimum absolute atomic E-state index is 0.0674. The van der Waals surface area contributed by atoms with Crippen molar-refractivity contribution in [1.82, 2.24) is 10.2 Å². The van der Waals surface area contributed by atoms with Gasteiger partial charge in [-0.3, -0.25) is 9.59 Å². The molecule has 0 unspecified atom stereocenters. The molecule has 0 fully saturated rings. The molecule has 0 radical (unpaired) electrons. The zero-order valence-corrected chi connectivity index (χ0v) is 21.9. The SMILES string of the molecule is Cc1ccccc1CC(=O)N(Cc1ccc(Br)cc1)[C@@H](Cc1ccccc1)C(=O)NC(C)(C)C. The normalized spacial score (nSPS) is 12.1. The Hall–Kier alpha value is -2.92. The van der Waals surface area contributed by atoms with Gasteiger partial charge in [0.15, 0.2) is 0 Å². The van der Waals surface area contributed by atoms with Crippen molar-refractivity contribution in [2.75, 3.05) is 0 Å². The van der Waals surface area contributed by atoms with Crippen molar-refractivity contribution in [2.45, 2.75) is 58.7 Å². The molecule has 0 saturated carbocycles. The van der Waals surface area contributed by atoms with Gasteiger partial charge in [-0.1, -0.05) is 82.7 Å². The monoisotopic (exact) mass is 520 g/mol. The van der Waals surface area contributed by atoms with Crippen molar-refractivity contribution in [3.05, 3.63) is 106 Å². The van der Waals surface area contributed by atoms with E-state index in [-0.39, 0.29) is 18.2 Å². The summed E-state index contributed by atoms with van der Waals surface area (Å²) in [6.07, 6.45) is 0.691. The molecule has 4 nitrogen and oxygen atoms in total. The van der Waals surface area contributed by atoms with Gasteiger partial charge in [-0.05, 0) is 62.1 Å². The van der Waals surface area contributed by atoms with E-state index in [4.69, 9.17) is 0 Å². The maximum Gasteiger partial charge on any atom is 0.243 e. The quantitative estimate of drug-likeness (QED) is 0.404. The number of benzene rings is 3. The zero-order valence-electron chi connectivity index (χ0n) is 20.3. The van der Waals surface area contributed by atoms with Crippen molar-refractivity contribution in [2.24, 2.45) is 0 Å². The number of nitrogens with one attached hydrogen (secondary N) is 1. The lowest BCUT2D eigenvalue weighted by Crippen LogP contribution is -2.54. The van der Waals surface area contributed by atoms with E-state index in [1.807, 2.05) is 107 Å². The van der Waals surface area contributed by atoms with Crippen LogP contribution in [0.1, 0.15) is 43.0 Å². The number of rotatable bonds is 8. The number of carbonyl (C=O) groups excluding carboxylic acids is 2. The van der Waals surface area contributed by atoms with E-state index in [2.05, 4.69) is 21.2 Å². The van der Waals surface area contributed by atoms with E-state index in [0.29, 0.717) is 13.0 Å². The van der Waals surface area contributed by atoms with Crippen molar-refractivity contribution >= 4 is 27.7 Å². The highest BCUT2D eigenvalue weighted by Gasteiger charge is 2.32. The van der Waals surface area contributed by atoms with Crippen LogP contribution in [0, 0.1) is 6.92 Å². The second-order valence-corrected chi connectivity index (χ2v) is 10.6. The topological polar surface area (TPSA) is 49.4 Å². The summed E-state index contributed by atoms with van der Waals surface area (Å²) >= 11 is 3.48. The first-order valence-electron chi connectivity index (χ1n) is 11.6. The number of nitrogens with zero attached hydrogens (tertiary/aromatic N) is 1. The highest BCUT2D eigenvalue weighted by atomic mass is 79.9. The third-order valence-electron chi connectivity index (χ3n) is 5.64. The molecule has 34 heavy (non-hydrogen) atoms. The fraction of sp³-hybridized carbons (Fsp3) is 0.310. The Morgan fingerprint density at radius 3 is 2.12 bits per heavy atom. The van der Waals surface area contributed by atoms with Crippen molar-refractivity contribution in [1.29, 1.82) is 0 Å². The molecule has 0 saturated heterocycles. The fourth-order valence-corrected chi connectivity index (χ4v) is 4.13. The summed E-state index contributed by atoms with van der Waals surface area (Å²) in [4.78, 5) is 29.1. The van der Waals surface area contributed by atoms with Gasteiger partial charge in [0.05, 0.1) is 6.42 Å². The van der Waals surface area contributed by atoms with E-state index in [9.17, 15) is 9.59 Å². The van der Waals surface area contributed by atoms with Gasteiger partial charge in [-0.15, -0.1) is 0 Å². The maximum atomic E-state index is 13.8. The van der Waals surface area contributed by atoms with Gasteiger partial charge in [-0.2, -0.15) is 0 Å². The van der Waals surface area contributed by atoms with Gasteiger partial charge in [0, 0.05) is 23.0 Å². The molecule has 3 aromatic rings. The number of halogens is 1. The predicted molar refractivity (Wildman–Crippen MR) is 141 cm³/mol. The molecule has 3 aromatic carbocycles. The molecule has 0 heterocycles. The van der Waals surface area contributed by atoms with Crippen LogP contribution in [-0.2, 0) is 29.0 Å². The van der Waals surface area contributed by atoms with Gasteiger partial charge in [-0.25, -0.2) is 0 Å². The van der Waals surface area contributed by atoms with Crippen LogP contribution in [0.25, 0.3) is 0 Å². The highest BCUT2D eigenvalue weighted by molar-refractivity contribution is 9.10. The molecule has 0 aliphatic carbocycles. The summed E-state index contributed by atoms with van der Waals surface area (Å²) in [6, 6.07) is 25.0. The second kappa shape index (κ2) is 11.5. The molecule has 0 bridgehead atoms. The Morgan fingerprint density at radius 1 is 0.882 bits per heavy atom. The molecule has 1 N–H and O–H groups in total. The first-order chi connectivity index (χ1) is 16.1. The van der Waals surface area contributed by atoms with Crippen molar-refractivity contribution in [3.63, 3.8) is 0 Å². The van der Waals surface area contributed by atoms with E-state index in [1.54, 1.807) is 4.90 Å². The average molecular weight is 521 g/mol. The lowest BCUT2D eigenvalue weighted by Gasteiger charge is -2.34. The summed E-state index contributed by atoms with van der Waals surface area (Å²) in [5.74, 6) is -0.214. The predicted octanol–water partition coefficient (Wildman–Crippen LogP) is 5.85. The summed E-state index contributed by atoms with van der Waals surface area (Å²) in [7, 11) is 0. The Balaban J connectivity index is 1.99. The van der Waals surface area contributed by atoms with Crippen LogP contribution < -0.4 is 5.32 Å². The van der Waals surface area contributed by atoms with Crippen molar-refractivity contribution in [3.8, 4) is 0 Å². The van der Waals surface area contributed by atoms with Gasteiger partial charge < -0.3 is 10.2 Å². The van der Waals surface area contributed by atoms with Crippen LogP contribution in [0.3, 0.4) is 0 Å². The Labute approximate surface area is 211 Å². The largest absolute Gasteiger partial charge is 0.350 e. The maximum absolute atomic E-state index is 13.8. The van der Waals surface area contributed by atoms with Crippen molar-refractivity contribution < 1.29 is 9.59 Å². The first kappa shape index (κ1) is 25.7. The molecule has 5 heteroatoms. The highest BCUT2D eigenvalue weighted by Crippen LogP contribution is 2.20. The smallest absolute Gasteiger partial charge is 0.243 e. The van der Waals surface area contributed by atoms with Crippen LogP contribution >= 0.6 is 15.9 Å². The lowest BCUT2D eigenvalue weighted by atomic mass is 9.99. The molecule has 2 amide bonds. The van der Waals surface area contributed by atoms with E-state index >= 15 is 0 Å².